The highest BCUT2D eigenvalue weighted by molar-refractivity contribution is 5.77. The molecule has 0 aliphatic heterocycles. The molecule has 1 aromatic heterocycles. The number of benzene rings is 1. The summed E-state index contributed by atoms with van der Waals surface area (Å²) in [4.78, 5) is 17.2. The Morgan fingerprint density at radius 3 is 2.48 bits per heavy atom. The van der Waals surface area contributed by atoms with Crippen molar-refractivity contribution >= 4 is 5.91 Å². The van der Waals surface area contributed by atoms with Crippen molar-refractivity contribution in [3.63, 3.8) is 0 Å². The lowest BCUT2D eigenvalue weighted by Crippen LogP contribution is -2.32. The summed E-state index contributed by atoms with van der Waals surface area (Å²) in [7, 11) is 1.51. The van der Waals surface area contributed by atoms with E-state index in [1.165, 1.54) is 24.3 Å². The van der Waals surface area contributed by atoms with Crippen molar-refractivity contribution in [3.8, 4) is 11.5 Å². The number of alkyl halides is 2. The normalized spacial score (nSPS) is 10.8. The number of ether oxygens (including phenoxy) is 2. The summed E-state index contributed by atoms with van der Waals surface area (Å²) in [6.45, 7) is -0.249. The second kappa shape index (κ2) is 9.00. The lowest BCUT2D eigenvalue weighted by atomic mass is 10.3. The molecule has 0 aliphatic rings. The molecule has 0 atom stereocenters. The molecule has 1 heterocycles. The van der Waals surface area contributed by atoms with Gasteiger partial charge in [0.15, 0.2) is 6.61 Å². The van der Waals surface area contributed by atoms with Gasteiger partial charge in [-0.3, -0.25) is 9.36 Å². The summed E-state index contributed by atoms with van der Waals surface area (Å²) in [5.74, 6) is 1.04. The predicted octanol–water partition coefficient (Wildman–Crippen LogP) is 3.10. The van der Waals surface area contributed by atoms with Gasteiger partial charge in [-0.2, -0.15) is 8.78 Å². The van der Waals surface area contributed by atoms with Crippen LogP contribution in [0, 0.1) is 0 Å². The van der Waals surface area contributed by atoms with Gasteiger partial charge in [-0.15, -0.1) is 0 Å². The topological polar surface area (TPSA) is 56.6 Å². The van der Waals surface area contributed by atoms with Gasteiger partial charge in [0.1, 0.15) is 17.3 Å². The first-order valence-electron chi connectivity index (χ1n) is 7.90. The second-order valence-electron chi connectivity index (χ2n) is 5.39. The van der Waals surface area contributed by atoms with Gasteiger partial charge < -0.3 is 14.4 Å². The van der Waals surface area contributed by atoms with Crippen LogP contribution in [0.1, 0.15) is 25.7 Å². The molecule has 2 aromatic rings. The van der Waals surface area contributed by atoms with Gasteiger partial charge >= 0.3 is 6.55 Å². The minimum Gasteiger partial charge on any atom is -0.494 e. The molecule has 0 fully saturated rings. The molecule has 2 rings (SSSR count). The third-order valence-corrected chi connectivity index (χ3v) is 3.42. The van der Waals surface area contributed by atoms with Crippen LogP contribution in [-0.2, 0) is 11.3 Å². The van der Waals surface area contributed by atoms with E-state index < -0.39 is 6.55 Å². The summed E-state index contributed by atoms with van der Waals surface area (Å²) in [5, 5.41) is 0. The molecule has 6 nitrogen and oxygen atoms in total. The number of aromatic nitrogens is 2. The van der Waals surface area contributed by atoms with E-state index in [1.54, 1.807) is 24.3 Å². The van der Waals surface area contributed by atoms with Gasteiger partial charge in [-0.25, -0.2) is 4.98 Å². The van der Waals surface area contributed by atoms with Gasteiger partial charge in [0.25, 0.3) is 5.91 Å². The van der Waals surface area contributed by atoms with Gasteiger partial charge in [0, 0.05) is 19.4 Å². The van der Waals surface area contributed by atoms with E-state index in [-0.39, 0.29) is 24.9 Å². The Balaban J connectivity index is 1.83. The molecule has 0 N–H and O–H groups in total. The summed E-state index contributed by atoms with van der Waals surface area (Å²) >= 11 is 0. The van der Waals surface area contributed by atoms with Gasteiger partial charge in [-0.1, -0.05) is 6.92 Å². The van der Waals surface area contributed by atoms with Crippen LogP contribution in [0.2, 0.25) is 0 Å². The molecule has 0 bridgehead atoms. The Morgan fingerprint density at radius 1 is 1.24 bits per heavy atom. The van der Waals surface area contributed by atoms with E-state index in [9.17, 15) is 13.6 Å². The van der Waals surface area contributed by atoms with Crippen LogP contribution in [0.15, 0.2) is 36.7 Å². The lowest BCUT2D eigenvalue weighted by molar-refractivity contribution is -0.132. The van der Waals surface area contributed by atoms with E-state index in [0.717, 1.165) is 16.7 Å². The molecule has 0 unspecified atom stereocenters. The SMILES string of the molecule is CCCOc1ccc(OCC(=O)N(C)Cc2nccn2C(F)F)cc1. The van der Waals surface area contributed by atoms with E-state index >= 15 is 0 Å². The standard InChI is InChI=1S/C17H21F2N3O3/c1-3-10-24-13-4-6-14(7-5-13)25-12-16(23)21(2)11-15-20-8-9-22(15)17(18)19/h4-9,17H,3,10-12H2,1-2H3. The maximum Gasteiger partial charge on any atom is 0.319 e. The summed E-state index contributed by atoms with van der Waals surface area (Å²) in [6, 6.07) is 6.95. The zero-order valence-electron chi connectivity index (χ0n) is 14.2. The van der Waals surface area contributed by atoms with Crippen LogP contribution in [0.4, 0.5) is 8.78 Å². The molecule has 25 heavy (non-hydrogen) atoms. The number of halogens is 2. The van der Waals surface area contributed by atoms with Crippen molar-refractivity contribution in [3.05, 3.63) is 42.5 Å². The number of nitrogens with zero attached hydrogens (tertiary/aromatic N) is 3. The highest BCUT2D eigenvalue weighted by Gasteiger charge is 2.16. The molecule has 0 radical (unpaired) electrons. The largest absolute Gasteiger partial charge is 0.494 e. The molecule has 8 heteroatoms. The fraction of sp³-hybridized carbons (Fsp3) is 0.412. The fourth-order valence-electron chi connectivity index (χ4n) is 2.05. The molecule has 1 aromatic carbocycles. The molecule has 1 amide bonds. The van der Waals surface area contributed by atoms with E-state index in [0.29, 0.717) is 12.4 Å². The summed E-state index contributed by atoms with van der Waals surface area (Å²) < 4.78 is 37.2. The minimum atomic E-state index is -2.69. The molecule has 0 saturated heterocycles. The van der Waals surface area contributed by atoms with Crippen molar-refractivity contribution in [2.45, 2.75) is 26.4 Å². The van der Waals surface area contributed by atoms with Crippen molar-refractivity contribution in [1.82, 2.24) is 14.5 Å². The third-order valence-electron chi connectivity index (χ3n) is 3.42. The predicted molar refractivity (Wildman–Crippen MR) is 87.7 cm³/mol. The first-order valence-corrected chi connectivity index (χ1v) is 7.90. The van der Waals surface area contributed by atoms with Crippen LogP contribution in [0.5, 0.6) is 11.5 Å². The van der Waals surface area contributed by atoms with Crippen molar-refractivity contribution in [1.29, 1.82) is 0 Å². The van der Waals surface area contributed by atoms with Crippen molar-refractivity contribution < 1.29 is 23.0 Å². The maximum atomic E-state index is 12.8. The van der Waals surface area contributed by atoms with Crippen LogP contribution >= 0.6 is 0 Å². The molecule has 0 aliphatic carbocycles. The highest BCUT2D eigenvalue weighted by Crippen LogP contribution is 2.18. The molecule has 0 spiro atoms. The van der Waals surface area contributed by atoms with Gasteiger partial charge in [-0.05, 0) is 30.7 Å². The number of hydrogen-bond donors (Lipinski definition) is 0. The van der Waals surface area contributed by atoms with Gasteiger partial charge in [0.2, 0.25) is 0 Å². The molecule has 0 saturated carbocycles. The molecular weight excluding hydrogens is 332 g/mol. The second-order valence-corrected chi connectivity index (χ2v) is 5.39. The van der Waals surface area contributed by atoms with Crippen LogP contribution in [-0.4, -0.2) is 40.6 Å². The smallest absolute Gasteiger partial charge is 0.319 e. The number of likely N-dealkylation sites (N-methyl/N-ethyl adjacent to an activating group) is 1. The van der Waals surface area contributed by atoms with E-state index in [2.05, 4.69) is 4.98 Å². The minimum absolute atomic E-state index is 0.0245. The Hall–Kier alpha value is -2.64. The highest BCUT2D eigenvalue weighted by atomic mass is 19.3. The Bertz CT molecular complexity index is 674. The number of carbonyl (C=O) groups is 1. The van der Waals surface area contributed by atoms with Crippen LogP contribution in [0.3, 0.4) is 0 Å². The number of hydrogen-bond acceptors (Lipinski definition) is 4. The third kappa shape index (κ3) is 5.44. The van der Waals surface area contributed by atoms with Crippen molar-refractivity contribution in [2.75, 3.05) is 20.3 Å². The Morgan fingerprint density at radius 2 is 1.88 bits per heavy atom. The number of amides is 1. The quantitative estimate of drug-likeness (QED) is 0.695. The van der Waals surface area contributed by atoms with Gasteiger partial charge in [0.05, 0.1) is 13.2 Å². The monoisotopic (exact) mass is 353 g/mol. The van der Waals surface area contributed by atoms with Crippen LogP contribution in [0.25, 0.3) is 0 Å². The first-order chi connectivity index (χ1) is 12.0. The first kappa shape index (κ1) is 18.7. The summed E-state index contributed by atoms with van der Waals surface area (Å²) in [6.07, 6.45) is 3.37. The number of imidazole rings is 1. The summed E-state index contributed by atoms with van der Waals surface area (Å²) in [5.41, 5.74) is 0. The van der Waals surface area contributed by atoms with E-state index in [4.69, 9.17) is 9.47 Å². The zero-order valence-corrected chi connectivity index (χ0v) is 14.2. The number of carbonyl (C=O) groups excluding carboxylic acids is 1. The Kier molecular flexibility index (Phi) is 6.73. The zero-order chi connectivity index (χ0) is 18.2. The maximum absolute atomic E-state index is 12.8. The van der Waals surface area contributed by atoms with Crippen molar-refractivity contribution in [2.24, 2.45) is 0 Å². The Labute approximate surface area is 145 Å². The molecule has 136 valence electrons. The number of rotatable bonds is 9. The fourth-order valence-corrected chi connectivity index (χ4v) is 2.05. The van der Waals surface area contributed by atoms with Crippen LogP contribution < -0.4 is 9.47 Å². The van der Waals surface area contributed by atoms with E-state index in [1.807, 2.05) is 6.92 Å². The molecular formula is C17H21F2N3O3. The average Bonchev–Trinajstić information content (AvgIpc) is 3.07. The average molecular weight is 353 g/mol. The lowest BCUT2D eigenvalue weighted by Gasteiger charge is -2.18.